The molecular weight excluding hydrogens is 548 g/mol. The SMILES string of the molecule is CC.CC(C)(O)c1cncc(Nc2cc(Cl)ccc2C=N)c1.Cc1ccc(Nc2cncc(C(C)(C)O)c2)c(C=N)c1. The maximum absolute atomic E-state index is 10.0. The number of hydrogen-bond acceptors (Lipinski definition) is 8. The second-order valence-electron chi connectivity index (χ2n) is 10.4. The van der Waals surface area contributed by atoms with E-state index in [1.807, 2.05) is 51.1 Å². The summed E-state index contributed by atoms with van der Waals surface area (Å²) in [4.78, 5) is 8.25. The molecule has 0 spiro atoms. The van der Waals surface area contributed by atoms with E-state index >= 15 is 0 Å². The van der Waals surface area contributed by atoms with Gasteiger partial charge in [0.1, 0.15) is 0 Å². The number of hydrogen-bond donors (Lipinski definition) is 6. The molecule has 0 unspecified atom stereocenters. The molecule has 0 aliphatic carbocycles. The quantitative estimate of drug-likeness (QED) is 0.115. The van der Waals surface area contributed by atoms with Crippen molar-refractivity contribution in [2.75, 3.05) is 10.6 Å². The van der Waals surface area contributed by atoms with E-state index in [4.69, 9.17) is 22.4 Å². The molecule has 0 saturated carbocycles. The van der Waals surface area contributed by atoms with Crippen molar-refractivity contribution in [3.05, 3.63) is 106 Å². The highest BCUT2D eigenvalue weighted by Gasteiger charge is 2.17. The largest absolute Gasteiger partial charge is 0.386 e. The number of aryl methyl sites for hydroxylation is 1. The summed E-state index contributed by atoms with van der Waals surface area (Å²) >= 11 is 5.97. The van der Waals surface area contributed by atoms with Crippen molar-refractivity contribution >= 4 is 46.8 Å². The van der Waals surface area contributed by atoms with Crippen LogP contribution in [0, 0.1) is 17.7 Å². The molecule has 0 atom stereocenters. The molecule has 9 heteroatoms. The zero-order valence-corrected chi connectivity index (χ0v) is 26.0. The fraction of sp³-hybridized carbons (Fsp3) is 0.273. The number of benzene rings is 2. The minimum absolute atomic E-state index is 0.588. The van der Waals surface area contributed by atoms with Crippen LogP contribution in [-0.4, -0.2) is 32.6 Å². The summed E-state index contributed by atoms with van der Waals surface area (Å²) in [7, 11) is 0. The molecule has 0 aliphatic heterocycles. The number of aliphatic hydroxyl groups is 2. The molecule has 6 N–H and O–H groups in total. The van der Waals surface area contributed by atoms with E-state index in [9.17, 15) is 10.2 Å². The van der Waals surface area contributed by atoms with Crippen LogP contribution in [0.2, 0.25) is 5.02 Å². The third-order valence-electron chi connectivity index (χ3n) is 5.98. The van der Waals surface area contributed by atoms with Crippen molar-refractivity contribution < 1.29 is 10.2 Å². The zero-order chi connectivity index (χ0) is 31.5. The van der Waals surface area contributed by atoms with Crippen molar-refractivity contribution in [2.24, 2.45) is 0 Å². The van der Waals surface area contributed by atoms with Gasteiger partial charge in [0.2, 0.25) is 0 Å². The Kier molecular flexibility index (Phi) is 12.3. The molecule has 0 bridgehead atoms. The van der Waals surface area contributed by atoms with Crippen LogP contribution < -0.4 is 10.6 Å². The first-order valence-electron chi connectivity index (χ1n) is 13.6. The lowest BCUT2D eigenvalue weighted by Gasteiger charge is -2.18. The highest BCUT2D eigenvalue weighted by molar-refractivity contribution is 6.31. The van der Waals surface area contributed by atoms with Crippen molar-refractivity contribution in [3.8, 4) is 0 Å². The molecule has 42 heavy (non-hydrogen) atoms. The van der Waals surface area contributed by atoms with E-state index in [1.165, 1.54) is 12.4 Å². The fourth-order valence-corrected chi connectivity index (χ4v) is 3.85. The predicted octanol–water partition coefficient (Wildman–Crippen LogP) is 8.09. The molecule has 222 valence electrons. The summed E-state index contributed by atoms with van der Waals surface area (Å²) in [5, 5.41) is 41.9. The predicted molar refractivity (Wildman–Crippen MR) is 175 cm³/mol. The molecule has 8 nitrogen and oxygen atoms in total. The number of rotatable bonds is 8. The second-order valence-corrected chi connectivity index (χ2v) is 10.8. The summed E-state index contributed by atoms with van der Waals surface area (Å²) in [5.41, 5.74) is 5.31. The van der Waals surface area contributed by atoms with Crippen molar-refractivity contribution in [3.63, 3.8) is 0 Å². The smallest absolute Gasteiger partial charge is 0.0856 e. The van der Waals surface area contributed by atoms with Gasteiger partial charge in [-0.15, -0.1) is 0 Å². The lowest BCUT2D eigenvalue weighted by atomic mass is 10.0. The minimum atomic E-state index is -0.955. The Labute approximate surface area is 253 Å². The molecular formula is C33H41ClN6O2. The Hall–Kier alpha value is -4.11. The molecule has 2 aromatic heterocycles. The first kappa shape index (κ1) is 34.1. The van der Waals surface area contributed by atoms with Crippen LogP contribution in [0.3, 0.4) is 0 Å². The summed E-state index contributed by atoms with van der Waals surface area (Å²) < 4.78 is 0. The van der Waals surface area contributed by atoms with Gasteiger partial charge in [-0.1, -0.05) is 37.1 Å². The molecule has 4 aromatic rings. The maximum Gasteiger partial charge on any atom is 0.0856 e. The Balaban J connectivity index is 0.000000277. The van der Waals surface area contributed by atoms with Crippen molar-refractivity contribution in [2.45, 2.75) is 59.7 Å². The van der Waals surface area contributed by atoms with E-state index in [0.717, 1.165) is 45.0 Å². The van der Waals surface area contributed by atoms with E-state index in [1.54, 1.807) is 70.7 Å². The van der Waals surface area contributed by atoms with E-state index in [0.29, 0.717) is 10.6 Å². The molecule has 2 heterocycles. The van der Waals surface area contributed by atoms with Gasteiger partial charge in [0, 0.05) is 63.5 Å². The Bertz CT molecular complexity index is 1490. The summed E-state index contributed by atoms with van der Waals surface area (Å²) in [6.07, 6.45) is 9.21. The molecule has 0 aliphatic rings. The van der Waals surface area contributed by atoms with E-state index in [-0.39, 0.29) is 0 Å². The average molecular weight is 589 g/mol. The van der Waals surface area contributed by atoms with Gasteiger partial charge in [-0.25, -0.2) is 0 Å². The van der Waals surface area contributed by atoms with Crippen LogP contribution in [0.4, 0.5) is 22.7 Å². The number of nitrogens with one attached hydrogen (secondary N) is 4. The Morgan fingerprint density at radius 1 is 0.690 bits per heavy atom. The van der Waals surface area contributed by atoms with Crippen LogP contribution in [0.1, 0.15) is 69.4 Å². The molecule has 2 aromatic carbocycles. The molecule has 0 saturated heterocycles. The first-order chi connectivity index (χ1) is 19.8. The van der Waals surface area contributed by atoms with Gasteiger partial charge in [0.05, 0.1) is 35.0 Å². The Morgan fingerprint density at radius 2 is 1.19 bits per heavy atom. The number of pyridine rings is 2. The van der Waals surface area contributed by atoms with Crippen LogP contribution in [-0.2, 0) is 11.2 Å². The summed E-state index contributed by atoms with van der Waals surface area (Å²) in [6, 6.07) is 14.8. The van der Waals surface area contributed by atoms with Gasteiger partial charge in [-0.05, 0) is 77.1 Å². The summed E-state index contributed by atoms with van der Waals surface area (Å²) in [5.74, 6) is 0. The zero-order valence-electron chi connectivity index (χ0n) is 25.2. The average Bonchev–Trinajstić information content (AvgIpc) is 2.95. The molecule has 4 rings (SSSR count). The summed E-state index contributed by atoms with van der Waals surface area (Å²) in [6.45, 7) is 12.9. The Morgan fingerprint density at radius 3 is 1.67 bits per heavy atom. The van der Waals surface area contributed by atoms with Gasteiger partial charge in [0.25, 0.3) is 0 Å². The van der Waals surface area contributed by atoms with Gasteiger partial charge >= 0.3 is 0 Å². The van der Waals surface area contributed by atoms with Gasteiger partial charge < -0.3 is 31.7 Å². The highest BCUT2D eigenvalue weighted by atomic mass is 35.5. The van der Waals surface area contributed by atoms with Gasteiger partial charge in [-0.3, -0.25) is 9.97 Å². The maximum atomic E-state index is 10.0. The van der Waals surface area contributed by atoms with E-state index in [2.05, 4.69) is 20.6 Å². The monoisotopic (exact) mass is 588 g/mol. The molecule has 0 amide bonds. The van der Waals surface area contributed by atoms with Gasteiger partial charge in [-0.2, -0.15) is 0 Å². The first-order valence-corrected chi connectivity index (χ1v) is 14.0. The van der Waals surface area contributed by atoms with Crippen LogP contribution in [0.5, 0.6) is 0 Å². The topological polar surface area (TPSA) is 138 Å². The number of halogens is 1. The van der Waals surface area contributed by atoms with Gasteiger partial charge in [0.15, 0.2) is 0 Å². The normalized spacial score (nSPS) is 10.8. The van der Waals surface area contributed by atoms with Crippen LogP contribution in [0.15, 0.2) is 73.3 Å². The second kappa shape index (κ2) is 15.2. The number of aromatic nitrogens is 2. The van der Waals surface area contributed by atoms with Crippen molar-refractivity contribution in [1.29, 1.82) is 10.8 Å². The number of anilines is 4. The van der Waals surface area contributed by atoms with Crippen LogP contribution >= 0.6 is 11.6 Å². The highest BCUT2D eigenvalue weighted by Crippen LogP contribution is 2.27. The minimum Gasteiger partial charge on any atom is -0.386 e. The van der Waals surface area contributed by atoms with Crippen molar-refractivity contribution in [1.82, 2.24) is 9.97 Å². The lowest BCUT2D eigenvalue weighted by molar-refractivity contribution is 0.0777. The third kappa shape index (κ3) is 10.1. The van der Waals surface area contributed by atoms with Crippen LogP contribution in [0.25, 0.3) is 0 Å². The fourth-order valence-electron chi connectivity index (χ4n) is 3.67. The lowest BCUT2D eigenvalue weighted by Crippen LogP contribution is -2.15. The third-order valence-corrected chi connectivity index (χ3v) is 6.22. The molecule has 0 radical (unpaired) electrons. The molecule has 0 fully saturated rings. The standard InChI is InChI=1S/C16H19N3O.C15H16ClN3O.C2H6/c1-11-4-5-15(12(6-11)8-17)19-14-7-13(9-18-10-14)16(2,3)20;1-15(2,20)11-5-13(9-18-8-11)19-14-6-12(16)4-3-10(14)7-17;1-2/h4-10,17,19-20H,1-3H3;3-9,17,19-20H,1-2H3;1-2H3. The number of nitrogens with zero attached hydrogens (tertiary/aromatic N) is 2. The van der Waals surface area contributed by atoms with E-state index < -0.39 is 11.2 Å².